The number of aromatic nitrogens is 1. The molecule has 1 aromatic rings. The van der Waals surface area contributed by atoms with E-state index in [0.29, 0.717) is 18.2 Å². The Morgan fingerprint density at radius 1 is 1.28 bits per heavy atom. The molecule has 0 aliphatic rings. The SMILES string of the molecule is CC(C)(CCCl)CNc1ccc(C(F)(F)F)cn1. The zero-order valence-corrected chi connectivity index (χ0v) is 11.1. The molecule has 2 nitrogen and oxygen atoms in total. The number of hydrogen-bond donors (Lipinski definition) is 1. The van der Waals surface area contributed by atoms with Crippen LogP contribution in [0.1, 0.15) is 25.8 Å². The summed E-state index contributed by atoms with van der Waals surface area (Å²) >= 11 is 5.67. The molecule has 18 heavy (non-hydrogen) atoms. The fourth-order valence-electron chi connectivity index (χ4n) is 1.34. The lowest BCUT2D eigenvalue weighted by molar-refractivity contribution is -0.137. The predicted octanol–water partition coefficient (Wildman–Crippen LogP) is 4.17. The Kier molecular flexibility index (Phi) is 4.85. The lowest BCUT2D eigenvalue weighted by Gasteiger charge is -2.24. The molecule has 0 fully saturated rings. The van der Waals surface area contributed by atoms with Crippen molar-refractivity contribution in [2.24, 2.45) is 5.41 Å². The molecule has 0 spiro atoms. The van der Waals surface area contributed by atoms with Crippen molar-refractivity contribution in [3.8, 4) is 0 Å². The lowest BCUT2D eigenvalue weighted by Crippen LogP contribution is -2.24. The van der Waals surface area contributed by atoms with E-state index in [2.05, 4.69) is 10.3 Å². The number of alkyl halides is 4. The van der Waals surface area contributed by atoms with Gasteiger partial charge in [-0.3, -0.25) is 0 Å². The molecular formula is C12H16ClF3N2. The lowest BCUT2D eigenvalue weighted by atomic mass is 9.90. The summed E-state index contributed by atoms with van der Waals surface area (Å²) in [5.74, 6) is 0.986. The van der Waals surface area contributed by atoms with E-state index in [1.54, 1.807) is 0 Å². The molecule has 1 N–H and O–H groups in total. The Bertz CT molecular complexity index is 374. The molecule has 0 atom stereocenters. The fraction of sp³-hybridized carbons (Fsp3) is 0.583. The highest BCUT2D eigenvalue weighted by Crippen LogP contribution is 2.29. The molecule has 0 aliphatic carbocycles. The summed E-state index contributed by atoms with van der Waals surface area (Å²) in [4.78, 5) is 3.74. The van der Waals surface area contributed by atoms with Gasteiger partial charge in [0.1, 0.15) is 5.82 Å². The molecule has 0 unspecified atom stereocenters. The van der Waals surface area contributed by atoms with E-state index in [4.69, 9.17) is 11.6 Å². The van der Waals surface area contributed by atoms with Gasteiger partial charge >= 0.3 is 6.18 Å². The van der Waals surface area contributed by atoms with E-state index in [9.17, 15) is 13.2 Å². The monoisotopic (exact) mass is 280 g/mol. The van der Waals surface area contributed by atoms with Gasteiger partial charge in [-0.05, 0) is 24.0 Å². The Hall–Kier alpha value is -0.970. The number of anilines is 1. The van der Waals surface area contributed by atoms with Crippen LogP contribution in [0.25, 0.3) is 0 Å². The zero-order valence-electron chi connectivity index (χ0n) is 10.3. The summed E-state index contributed by atoms with van der Waals surface area (Å²) in [5, 5.41) is 3.01. The van der Waals surface area contributed by atoms with E-state index < -0.39 is 11.7 Å². The van der Waals surface area contributed by atoms with Crippen molar-refractivity contribution in [1.82, 2.24) is 4.98 Å². The molecule has 0 amide bonds. The van der Waals surface area contributed by atoms with Gasteiger partial charge < -0.3 is 5.32 Å². The van der Waals surface area contributed by atoms with Crippen LogP contribution in [0.4, 0.5) is 19.0 Å². The minimum atomic E-state index is -4.34. The number of nitrogens with zero attached hydrogens (tertiary/aromatic N) is 1. The van der Waals surface area contributed by atoms with E-state index in [1.807, 2.05) is 13.8 Å². The third-order valence-corrected chi connectivity index (χ3v) is 2.80. The predicted molar refractivity (Wildman–Crippen MR) is 66.8 cm³/mol. The molecule has 0 saturated carbocycles. The number of halogens is 4. The van der Waals surface area contributed by atoms with Crippen LogP contribution in [0.2, 0.25) is 0 Å². The van der Waals surface area contributed by atoms with Gasteiger partial charge in [-0.1, -0.05) is 13.8 Å². The van der Waals surface area contributed by atoms with Gasteiger partial charge in [0.2, 0.25) is 0 Å². The second kappa shape index (κ2) is 5.78. The van der Waals surface area contributed by atoms with Gasteiger partial charge in [-0.25, -0.2) is 4.98 Å². The molecule has 1 aromatic heterocycles. The Morgan fingerprint density at radius 3 is 2.39 bits per heavy atom. The van der Waals surface area contributed by atoms with Crippen LogP contribution in [0.5, 0.6) is 0 Å². The molecule has 0 bridgehead atoms. The number of nitrogens with one attached hydrogen (secondary N) is 1. The molecule has 1 rings (SSSR count). The quantitative estimate of drug-likeness (QED) is 0.819. The number of hydrogen-bond acceptors (Lipinski definition) is 2. The van der Waals surface area contributed by atoms with Crippen molar-refractivity contribution in [2.45, 2.75) is 26.4 Å². The first-order chi connectivity index (χ1) is 8.24. The summed E-state index contributed by atoms with van der Waals surface area (Å²) < 4.78 is 37.0. The molecule has 6 heteroatoms. The van der Waals surface area contributed by atoms with Crippen molar-refractivity contribution in [2.75, 3.05) is 17.7 Å². The summed E-state index contributed by atoms with van der Waals surface area (Å²) in [6.45, 7) is 4.68. The molecule has 0 radical (unpaired) electrons. The largest absolute Gasteiger partial charge is 0.417 e. The summed E-state index contributed by atoms with van der Waals surface area (Å²) in [6, 6.07) is 2.35. The Labute approximate surface area is 110 Å². The summed E-state index contributed by atoms with van der Waals surface area (Å²) in [6.07, 6.45) is -2.69. The average molecular weight is 281 g/mol. The molecule has 0 aliphatic heterocycles. The third kappa shape index (κ3) is 4.72. The van der Waals surface area contributed by atoms with Crippen LogP contribution in [0, 0.1) is 5.41 Å². The van der Waals surface area contributed by atoms with E-state index in [1.165, 1.54) is 6.07 Å². The second-order valence-electron chi connectivity index (χ2n) is 4.89. The van der Waals surface area contributed by atoms with Crippen LogP contribution in [-0.2, 0) is 6.18 Å². The summed E-state index contributed by atoms with van der Waals surface area (Å²) in [5.41, 5.74) is -0.764. The van der Waals surface area contributed by atoms with Gasteiger partial charge in [-0.15, -0.1) is 11.6 Å². The first-order valence-corrected chi connectivity index (χ1v) is 6.11. The molecule has 102 valence electrons. The minimum absolute atomic E-state index is 0.0217. The van der Waals surface area contributed by atoms with Crippen LogP contribution in [0.3, 0.4) is 0 Å². The van der Waals surface area contributed by atoms with Gasteiger partial charge in [0.25, 0.3) is 0 Å². The number of pyridine rings is 1. The molecule has 0 aromatic carbocycles. The minimum Gasteiger partial charge on any atom is -0.370 e. The van der Waals surface area contributed by atoms with Crippen LogP contribution < -0.4 is 5.32 Å². The third-order valence-electron chi connectivity index (χ3n) is 2.61. The van der Waals surface area contributed by atoms with Crippen LogP contribution >= 0.6 is 11.6 Å². The van der Waals surface area contributed by atoms with Gasteiger partial charge in [0, 0.05) is 18.6 Å². The van der Waals surface area contributed by atoms with Crippen molar-refractivity contribution < 1.29 is 13.2 Å². The summed E-state index contributed by atoms with van der Waals surface area (Å²) in [7, 11) is 0. The molecule has 0 saturated heterocycles. The molecular weight excluding hydrogens is 265 g/mol. The Balaban J connectivity index is 2.60. The maximum Gasteiger partial charge on any atom is 0.417 e. The maximum absolute atomic E-state index is 12.3. The van der Waals surface area contributed by atoms with Crippen molar-refractivity contribution in [3.05, 3.63) is 23.9 Å². The second-order valence-corrected chi connectivity index (χ2v) is 5.26. The zero-order chi connectivity index (χ0) is 13.8. The van der Waals surface area contributed by atoms with Crippen molar-refractivity contribution >= 4 is 17.4 Å². The topological polar surface area (TPSA) is 24.9 Å². The highest BCUT2D eigenvalue weighted by molar-refractivity contribution is 6.17. The highest BCUT2D eigenvalue weighted by atomic mass is 35.5. The van der Waals surface area contributed by atoms with Crippen molar-refractivity contribution in [3.63, 3.8) is 0 Å². The van der Waals surface area contributed by atoms with Crippen LogP contribution in [-0.4, -0.2) is 17.4 Å². The van der Waals surface area contributed by atoms with Gasteiger partial charge in [0.15, 0.2) is 0 Å². The first-order valence-electron chi connectivity index (χ1n) is 5.58. The van der Waals surface area contributed by atoms with Crippen molar-refractivity contribution in [1.29, 1.82) is 0 Å². The van der Waals surface area contributed by atoms with Gasteiger partial charge in [-0.2, -0.15) is 13.2 Å². The highest BCUT2D eigenvalue weighted by Gasteiger charge is 2.30. The standard InChI is InChI=1S/C12H16ClF3N2/c1-11(2,5-6-13)8-18-10-4-3-9(7-17-10)12(14,15)16/h3-4,7H,5-6,8H2,1-2H3,(H,17,18). The van der Waals surface area contributed by atoms with Gasteiger partial charge in [0.05, 0.1) is 5.56 Å². The fourth-order valence-corrected chi connectivity index (χ4v) is 1.85. The normalized spacial score (nSPS) is 12.6. The van der Waals surface area contributed by atoms with E-state index in [-0.39, 0.29) is 5.41 Å². The van der Waals surface area contributed by atoms with Crippen LogP contribution in [0.15, 0.2) is 18.3 Å². The average Bonchev–Trinajstić information content (AvgIpc) is 2.26. The number of rotatable bonds is 5. The smallest absolute Gasteiger partial charge is 0.370 e. The Morgan fingerprint density at radius 2 is 1.94 bits per heavy atom. The first kappa shape index (κ1) is 15.1. The van der Waals surface area contributed by atoms with E-state index in [0.717, 1.165) is 18.7 Å². The van der Waals surface area contributed by atoms with E-state index >= 15 is 0 Å². The maximum atomic E-state index is 12.3. The molecule has 1 heterocycles.